The summed E-state index contributed by atoms with van der Waals surface area (Å²) in [6.07, 6.45) is 20.1. The van der Waals surface area contributed by atoms with Crippen LogP contribution in [0.4, 0.5) is 0 Å². The molecule has 0 spiro atoms. The van der Waals surface area contributed by atoms with E-state index < -0.39 is 0 Å². The first-order valence-electron chi connectivity index (χ1n) is 16.8. The number of esters is 1. The lowest BCUT2D eigenvalue weighted by Crippen LogP contribution is -3.00. The van der Waals surface area contributed by atoms with Gasteiger partial charge < -0.3 is 31.4 Å². The minimum atomic E-state index is -0.185. The van der Waals surface area contributed by atoms with Crippen LogP contribution in [0.2, 0.25) is 0 Å². The zero-order chi connectivity index (χ0) is 30.0. The Morgan fingerprint density at radius 1 is 0.841 bits per heavy atom. The van der Waals surface area contributed by atoms with E-state index in [2.05, 4.69) is 42.8 Å². The van der Waals surface area contributed by atoms with E-state index in [9.17, 15) is 4.79 Å². The molecular formula is C37H50ClNO5. The summed E-state index contributed by atoms with van der Waals surface area (Å²) in [4.78, 5) is 13.1. The highest BCUT2D eigenvalue weighted by atomic mass is 35.5. The van der Waals surface area contributed by atoms with Gasteiger partial charge in [0.05, 0.1) is 18.1 Å². The number of fused-ring (bicyclic) bond motifs is 5. The van der Waals surface area contributed by atoms with E-state index in [-0.39, 0.29) is 25.2 Å². The van der Waals surface area contributed by atoms with Gasteiger partial charge in [-0.15, -0.1) is 0 Å². The molecule has 3 aromatic rings. The van der Waals surface area contributed by atoms with Crippen LogP contribution >= 0.6 is 0 Å². The van der Waals surface area contributed by atoms with Gasteiger partial charge in [0.25, 0.3) is 0 Å². The minimum absolute atomic E-state index is 0. The van der Waals surface area contributed by atoms with Gasteiger partial charge in [0, 0.05) is 23.8 Å². The minimum Gasteiger partial charge on any atom is -1.00 e. The van der Waals surface area contributed by atoms with Crippen molar-refractivity contribution in [3.63, 3.8) is 0 Å². The van der Waals surface area contributed by atoms with Crippen LogP contribution in [-0.4, -0.2) is 19.9 Å². The molecule has 2 aliphatic heterocycles. The Balaban J connectivity index is 0.00000442. The predicted molar refractivity (Wildman–Crippen MR) is 171 cm³/mol. The Morgan fingerprint density at radius 2 is 1.50 bits per heavy atom. The molecule has 44 heavy (non-hydrogen) atoms. The van der Waals surface area contributed by atoms with Crippen molar-refractivity contribution in [2.24, 2.45) is 0 Å². The van der Waals surface area contributed by atoms with E-state index in [4.69, 9.17) is 18.9 Å². The van der Waals surface area contributed by atoms with Gasteiger partial charge >= 0.3 is 5.97 Å². The van der Waals surface area contributed by atoms with Gasteiger partial charge in [-0.1, -0.05) is 84.5 Å². The second kappa shape index (κ2) is 16.9. The maximum atomic E-state index is 13.1. The summed E-state index contributed by atoms with van der Waals surface area (Å²) >= 11 is 0. The molecule has 0 aliphatic carbocycles. The smallest absolute Gasteiger partial charge is 0.311 e. The van der Waals surface area contributed by atoms with Gasteiger partial charge in [-0.2, -0.15) is 4.57 Å². The molecule has 0 N–H and O–H groups in total. The van der Waals surface area contributed by atoms with Crippen molar-refractivity contribution in [3.8, 4) is 34.3 Å². The third-order valence-electron chi connectivity index (χ3n) is 9.02. The molecule has 6 nitrogen and oxygen atoms in total. The highest BCUT2D eigenvalue weighted by Gasteiger charge is 2.32. The van der Waals surface area contributed by atoms with Crippen molar-refractivity contribution in [1.82, 2.24) is 0 Å². The van der Waals surface area contributed by atoms with E-state index in [1.165, 1.54) is 86.6 Å². The summed E-state index contributed by atoms with van der Waals surface area (Å²) in [6.45, 7) is 5.61. The number of hydrogen-bond donors (Lipinski definition) is 0. The Kier molecular flexibility index (Phi) is 13.0. The lowest BCUT2D eigenvalue weighted by atomic mass is 9.89. The molecule has 0 saturated heterocycles. The largest absolute Gasteiger partial charge is 1.00 e. The van der Waals surface area contributed by atoms with Crippen LogP contribution in [0, 0.1) is 0 Å². The van der Waals surface area contributed by atoms with Crippen LogP contribution in [0.5, 0.6) is 23.0 Å². The molecule has 2 aliphatic rings. The van der Waals surface area contributed by atoms with Gasteiger partial charge in [0.2, 0.25) is 12.5 Å². The molecule has 7 heteroatoms. The number of rotatable bonds is 17. The predicted octanol–water partition coefficient (Wildman–Crippen LogP) is 6.04. The second-order valence-electron chi connectivity index (χ2n) is 12.2. The molecular weight excluding hydrogens is 574 g/mol. The van der Waals surface area contributed by atoms with Gasteiger partial charge in [0.15, 0.2) is 35.7 Å². The van der Waals surface area contributed by atoms with Gasteiger partial charge in [-0.3, -0.25) is 4.79 Å². The van der Waals surface area contributed by atoms with Gasteiger partial charge in [0.1, 0.15) is 0 Å². The van der Waals surface area contributed by atoms with Crippen LogP contribution in [0.15, 0.2) is 30.5 Å². The summed E-state index contributed by atoms with van der Waals surface area (Å²) in [5, 5.41) is 2.08. The van der Waals surface area contributed by atoms with Crippen molar-refractivity contribution in [2.75, 3.05) is 13.9 Å². The maximum Gasteiger partial charge on any atom is 0.311 e. The Bertz CT molecular complexity index is 1400. The molecule has 240 valence electrons. The molecule has 0 saturated carbocycles. The van der Waals surface area contributed by atoms with Crippen molar-refractivity contribution in [1.29, 1.82) is 0 Å². The highest BCUT2D eigenvalue weighted by molar-refractivity contribution is 5.96. The van der Waals surface area contributed by atoms with Crippen LogP contribution in [-0.2, 0) is 24.2 Å². The normalized spacial score (nSPS) is 12.9. The number of pyridine rings is 1. The first kappa shape index (κ1) is 33.9. The Morgan fingerprint density at radius 3 is 2.20 bits per heavy atom. The lowest BCUT2D eigenvalue weighted by molar-refractivity contribution is -0.686. The summed E-state index contributed by atoms with van der Waals surface area (Å²) in [5.74, 6) is 2.62. The highest BCUT2D eigenvalue weighted by Crippen LogP contribution is 2.44. The number of aromatic nitrogens is 1. The number of nitrogens with zero attached hydrogens (tertiary/aromatic N) is 1. The van der Waals surface area contributed by atoms with Crippen molar-refractivity contribution in [3.05, 3.63) is 41.6 Å². The molecule has 5 rings (SSSR count). The molecule has 0 amide bonds. The number of hydrogen-bond acceptors (Lipinski definition) is 5. The summed E-state index contributed by atoms with van der Waals surface area (Å²) in [7, 11) is 1.65. The number of ether oxygens (including phenoxy) is 4. The van der Waals surface area contributed by atoms with Crippen molar-refractivity contribution >= 4 is 16.7 Å². The summed E-state index contributed by atoms with van der Waals surface area (Å²) in [6, 6.07) is 8.43. The van der Waals surface area contributed by atoms with Crippen molar-refractivity contribution in [2.45, 2.75) is 123 Å². The fourth-order valence-electron chi connectivity index (χ4n) is 6.63. The first-order valence-corrected chi connectivity index (χ1v) is 16.8. The third kappa shape index (κ3) is 7.99. The maximum absolute atomic E-state index is 13.1. The number of carbonyl (C=O) groups is 1. The number of aryl methyl sites for hydroxylation is 3. The van der Waals surface area contributed by atoms with Gasteiger partial charge in [-0.05, 0) is 49.1 Å². The molecule has 0 unspecified atom stereocenters. The lowest BCUT2D eigenvalue weighted by Gasteiger charge is -2.21. The SMILES string of the molecule is CCCCCCCCCc1c2[n+](cc3c(OC(=O)CCCCCCCC)c(OC)ccc13)CCc1cc3c(cc1-2)OCO3.[Cl-]. The molecule has 0 atom stereocenters. The van der Waals surface area contributed by atoms with E-state index in [1.54, 1.807) is 7.11 Å². The van der Waals surface area contributed by atoms with Crippen LogP contribution in [0.25, 0.3) is 22.0 Å². The van der Waals surface area contributed by atoms with Crippen LogP contribution < -0.4 is 35.9 Å². The first-order chi connectivity index (χ1) is 21.1. The van der Waals surface area contributed by atoms with Crippen LogP contribution in [0.3, 0.4) is 0 Å². The monoisotopic (exact) mass is 623 g/mol. The number of unbranched alkanes of at least 4 members (excludes halogenated alkanes) is 11. The molecule has 2 aromatic carbocycles. The standard InChI is InChI=1S/C37H50NO5.ClH/c1-4-6-8-10-12-13-15-17-29-28-19-20-32(40-3)37(43-35(39)18-16-14-11-9-7-5-2)31(28)25-38-22-21-27-23-33-34(42-26-41-33)24-30(27)36(29)38;/h19-20,23-25H,4-18,21-22,26H2,1-3H3;1H/q+1;/p-1. The van der Waals surface area contributed by atoms with E-state index in [1.807, 2.05) is 6.07 Å². The Hall–Kier alpha value is -2.99. The topological polar surface area (TPSA) is 57.9 Å². The van der Waals surface area contributed by atoms with E-state index in [0.717, 1.165) is 60.9 Å². The average Bonchev–Trinajstić information content (AvgIpc) is 3.48. The molecule has 0 bridgehead atoms. The molecule has 0 radical (unpaired) electrons. The quantitative estimate of drug-likeness (QED) is 0.0794. The zero-order valence-corrected chi connectivity index (χ0v) is 27.7. The fourth-order valence-corrected chi connectivity index (χ4v) is 6.63. The number of methoxy groups -OCH3 is 1. The van der Waals surface area contributed by atoms with Gasteiger partial charge in [-0.25, -0.2) is 0 Å². The van der Waals surface area contributed by atoms with E-state index in [0.29, 0.717) is 17.9 Å². The molecule has 3 heterocycles. The zero-order valence-electron chi connectivity index (χ0n) is 27.0. The Labute approximate surface area is 269 Å². The molecule has 0 fully saturated rings. The van der Waals surface area contributed by atoms with E-state index >= 15 is 0 Å². The molecule has 1 aromatic heterocycles. The second-order valence-corrected chi connectivity index (χ2v) is 12.2. The fraction of sp³-hybridized carbons (Fsp3) is 0.568. The van der Waals surface area contributed by atoms with Crippen molar-refractivity contribution < 1.29 is 40.7 Å². The number of carbonyl (C=O) groups excluding carboxylic acids is 1. The average molecular weight is 624 g/mol. The third-order valence-corrected chi connectivity index (χ3v) is 9.02. The summed E-state index contributed by atoms with van der Waals surface area (Å²) in [5.41, 5.74) is 5.06. The number of benzene rings is 2. The van der Waals surface area contributed by atoms with Crippen LogP contribution in [0.1, 0.15) is 115 Å². The summed E-state index contributed by atoms with van der Waals surface area (Å²) < 4.78 is 25.7. The number of halogens is 1.